The first-order valence-corrected chi connectivity index (χ1v) is 9.88. The van der Waals surface area contributed by atoms with Crippen molar-refractivity contribution in [3.05, 3.63) is 46.5 Å². The van der Waals surface area contributed by atoms with E-state index in [0.29, 0.717) is 18.2 Å². The van der Waals surface area contributed by atoms with Crippen molar-refractivity contribution in [1.29, 1.82) is 0 Å². The number of aromatic nitrogens is 2. The molecule has 1 saturated heterocycles. The second-order valence-electron chi connectivity index (χ2n) is 6.93. The van der Waals surface area contributed by atoms with Crippen LogP contribution in [-0.2, 0) is 0 Å². The summed E-state index contributed by atoms with van der Waals surface area (Å²) in [6.07, 6.45) is 3.75. The fourth-order valence-corrected chi connectivity index (χ4v) is 3.77. The van der Waals surface area contributed by atoms with Crippen LogP contribution >= 0.6 is 11.5 Å². The van der Waals surface area contributed by atoms with Gasteiger partial charge in [-0.2, -0.15) is 0 Å². The van der Waals surface area contributed by atoms with E-state index in [2.05, 4.69) is 57.9 Å². The Kier molecular flexibility index (Phi) is 6.15. The van der Waals surface area contributed by atoms with Crippen LogP contribution in [0, 0.1) is 0 Å². The smallest absolute Gasteiger partial charge is 0.272 e. The first kappa shape index (κ1) is 18.0. The standard InChI is InChI=1S/C19H26N4OS/c1-14(2)15-6-8-16(9-7-15)18(23-10-4-3-5-11-23)12-20-19(24)17-13-25-22-21-17/h6-9,13-14,18H,3-5,10-12H2,1-2H3,(H,20,24). The Labute approximate surface area is 153 Å². The summed E-state index contributed by atoms with van der Waals surface area (Å²) in [7, 11) is 0. The maximum Gasteiger partial charge on any atom is 0.272 e. The quantitative estimate of drug-likeness (QED) is 0.857. The summed E-state index contributed by atoms with van der Waals surface area (Å²) >= 11 is 1.20. The Bertz CT molecular complexity index is 663. The predicted octanol–water partition coefficient (Wildman–Crippen LogP) is 3.62. The largest absolute Gasteiger partial charge is 0.349 e. The highest BCUT2D eigenvalue weighted by atomic mass is 32.1. The lowest BCUT2D eigenvalue weighted by atomic mass is 9.97. The van der Waals surface area contributed by atoms with Crippen molar-refractivity contribution in [3.8, 4) is 0 Å². The average Bonchev–Trinajstić information content (AvgIpc) is 3.18. The molecule has 0 radical (unpaired) electrons. The molecular weight excluding hydrogens is 332 g/mol. The second-order valence-corrected chi connectivity index (χ2v) is 7.54. The Morgan fingerprint density at radius 1 is 1.16 bits per heavy atom. The van der Waals surface area contributed by atoms with Crippen LogP contribution in [0.4, 0.5) is 0 Å². The third-order valence-corrected chi connectivity index (χ3v) is 5.37. The summed E-state index contributed by atoms with van der Waals surface area (Å²) in [5.74, 6) is 0.383. The fraction of sp³-hybridized carbons (Fsp3) is 0.526. The van der Waals surface area contributed by atoms with Crippen molar-refractivity contribution in [2.75, 3.05) is 19.6 Å². The van der Waals surface area contributed by atoms with Crippen LogP contribution in [-0.4, -0.2) is 40.0 Å². The third kappa shape index (κ3) is 4.64. The van der Waals surface area contributed by atoms with Gasteiger partial charge in [-0.1, -0.05) is 49.0 Å². The summed E-state index contributed by atoms with van der Waals surface area (Å²) in [6, 6.07) is 9.06. The third-order valence-electron chi connectivity index (χ3n) is 4.87. The molecule has 2 heterocycles. The predicted molar refractivity (Wildman–Crippen MR) is 101 cm³/mol. The number of piperidine rings is 1. The molecule has 6 heteroatoms. The lowest BCUT2D eigenvalue weighted by Gasteiger charge is -2.35. The van der Waals surface area contributed by atoms with Gasteiger partial charge in [0.15, 0.2) is 5.69 Å². The first-order chi connectivity index (χ1) is 12.1. The van der Waals surface area contributed by atoms with Crippen molar-refractivity contribution in [2.24, 2.45) is 0 Å². The van der Waals surface area contributed by atoms with E-state index in [1.807, 2.05) is 0 Å². The topological polar surface area (TPSA) is 58.1 Å². The summed E-state index contributed by atoms with van der Waals surface area (Å²) in [6.45, 7) is 7.19. The normalized spacial score (nSPS) is 16.8. The van der Waals surface area contributed by atoms with Gasteiger partial charge >= 0.3 is 0 Å². The number of carbonyl (C=O) groups excluding carboxylic acids is 1. The first-order valence-electron chi connectivity index (χ1n) is 9.04. The molecule has 1 aliphatic heterocycles. The van der Waals surface area contributed by atoms with Crippen LogP contribution < -0.4 is 5.32 Å². The summed E-state index contributed by atoms with van der Waals surface area (Å²) in [4.78, 5) is 14.7. The van der Waals surface area contributed by atoms with Gasteiger partial charge in [0.1, 0.15) is 0 Å². The number of amides is 1. The van der Waals surface area contributed by atoms with Gasteiger partial charge in [0.05, 0.1) is 6.04 Å². The highest BCUT2D eigenvalue weighted by Crippen LogP contribution is 2.26. The number of rotatable bonds is 6. The summed E-state index contributed by atoms with van der Waals surface area (Å²) in [5, 5.41) is 8.58. The van der Waals surface area contributed by atoms with Gasteiger partial charge in [-0.3, -0.25) is 9.69 Å². The Morgan fingerprint density at radius 3 is 2.44 bits per heavy atom. The molecule has 2 aromatic rings. The molecule has 1 atom stereocenters. The van der Waals surface area contributed by atoms with Crippen LogP contribution in [0.1, 0.15) is 66.7 Å². The molecule has 3 rings (SSSR count). The zero-order chi connectivity index (χ0) is 17.6. The molecule has 134 valence electrons. The molecule has 25 heavy (non-hydrogen) atoms. The van der Waals surface area contributed by atoms with Gasteiger partial charge in [0, 0.05) is 11.9 Å². The molecule has 1 fully saturated rings. The van der Waals surface area contributed by atoms with Crippen LogP contribution in [0.2, 0.25) is 0 Å². The minimum absolute atomic E-state index is 0.144. The average molecular weight is 359 g/mol. The van der Waals surface area contributed by atoms with E-state index < -0.39 is 0 Å². The lowest BCUT2D eigenvalue weighted by molar-refractivity contribution is 0.0919. The van der Waals surface area contributed by atoms with Crippen LogP contribution in [0.15, 0.2) is 29.6 Å². The summed E-state index contributed by atoms with van der Waals surface area (Å²) < 4.78 is 3.76. The van der Waals surface area contributed by atoms with E-state index in [0.717, 1.165) is 13.1 Å². The van der Waals surface area contributed by atoms with Crippen LogP contribution in [0.5, 0.6) is 0 Å². The van der Waals surface area contributed by atoms with E-state index in [1.165, 1.54) is 41.9 Å². The van der Waals surface area contributed by atoms with Crippen LogP contribution in [0.25, 0.3) is 0 Å². The number of likely N-dealkylation sites (tertiary alicyclic amines) is 1. The minimum Gasteiger partial charge on any atom is -0.349 e. The number of nitrogens with zero attached hydrogens (tertiary/aromatic N) is 3. The Morgan fingerprint density at radius 2 is 1.84 bits per heavy atom. The van der Waals surface area contributed by atoms with Crippen molar-refractivity contribution < 1.29 is 4.79 Å². The van der Waals surface area contributed by atoms with E-state index in [1.54, 1.807) is 5.38 Å². The van der Waals surface area contributed by atoms with E-state index in [4.69, 9.17) is 0 Å². The molecule has 0 aliphatic carbocycles. The zero-order valence-corrected chi connectivity index (χ0v) is 15.8. The molecule has 1 aliphatic rings. The fourth-order valence-electron chi connectivity index (χ4n) is 3.33. The maximum absolute atomic E-state index is 12.2. The number of hydrogen-bond donors (Lipinski definition) is 1. The Balaban J connectivity index is 1.73. The van der Waals surface area contributed by atoms with Gasteiger partial charge in [-0.15, -0.1) is 5.10 Å². The van der Waals surface area contributed by atoms with Crippen molar-refractivity contribution in [3.63, 3.8) is 0 Å². The van der Waals surface area contributed by atoms with Gasteiger partial charge < -0.3 is 5.32 Å². The van der Waals surface area contributed by atoms with Gasteiger partial charge in [-0.25, -0.2) is 0 Å². The van der Waals surface area contributed by atoms with E-state index >= 15 is 0 Å². The molecular formula is C19H26N4OS. The van der Waals surface area contributed by atoms with Crippen molar-refractivity contribution in [1.82, 2.24) is 19.8 Å². The van der Waals surface area contributed by atoms with Crippen molar-refractivity contribution >= 4 is 17.4 Å². The van der Waals surface area contributed by atoms with Crippen molar-refractivity contribution in [2.45, 2.75) is 45.1 Å². The molecule has 1 aromatic carbocycles. The van der Waals surface area contributed by atoms with Gasteiger partial charge in [0.2, 0.25) is 0 Å². The maximum atomic E-state index is 12.2. The highest BCUT2D eigenvalue weighted by molar-refractivity contribution is 7.03. The monoisotopic (exact) mass is 358 g/mol. The molecule has 1 aromatic heterocycles. The number of carbonyl (C=O) groups is 1. The van der Waals surface area contributed by atoms with Gasteiger partial charge in [0.25, 0.3) is 5.91 Å². The number of hydrogen-bond acceptors (Lipinski definition) is 5. The van der Waals surface area contributed by atoms with E-state index in [9.17, 15) is 4.79 Å². The number of benzene rings is 1. The van der Waals surface area contributed by atoms with Crippen LogP contribution in [0.3, 0.4) is 0 Å². The summed E-state index contributed by atoms with van der Waals surface area (Å²) in [5.41, 5.74) is 3.01. The molecule has 1 N–H and O–H groups in total. The molecule has 0 saturated carbocycles. The Hall–Kier alpha value is -1.79. The van der Waals surface area contributed by atoms with E-state index in [-0.39, 0.29) is 11.9 Å². The SMILES string of the molecule is CC(C)c1ccc(C(CNC(=O)c2csnn2)N2CCCCC2)cc1. The molecule has 1 amide bonds. The zero-order valence-electron chi connectivity index (χ0n) is 14.9. The molecule has 5 nitrogen and oxygen atoms in total. The minimum atomic E-state index is -0.144. The number of nitrogens with one attached hydrogen (secondary N) is 1. The molecule has 0 spiro atoms. The van der Waals surface area contributed by atoms with Gasteiger partial charge in [-0.05, 0) is 54.5 Å². The second kappa shape index (κ2) is 8.54. The lowest BCUT2D eigenvalue weighted by Crippen LogP contribution is -2.40. The molecule has 1 unspecified atom stereocenters. The highest BCUT2D eigenvalue weighted by Gasteiger charge is 2.23. The molecule has 0 bridgehead atoms.